The maximum absolute atomic E-state index is 11.6. The van der Waals surface area contributed by atoms with Crippen LogP contribution in [0.5, 0.6) is 0 Å². The molecule has 0 saturated heterocycles. The topological polar surface area (TPSA) is 57.8 Å². The van der Waals surface area contributed by atoms with Gasteiger partial charge in [-0.2, -0.15) is 5.10 Å². The fraction of sp³-hybridized carbons (Fsp3) is 0.167. The third kappa shape index (κ3) is 3.78. The van der Waals surface area contributed by atoms with Gasteiger partial charge in [-0.25, -0.2) is 0 Å². The lowest BCUT2D eigenvalue weighted by Crippen LogP contribution is -2.11. The highest BCUT2D eigenvalue weighted by molar-refractivity contribution is 7.99. The molecular formula is C12H12ClN3OS. The number of hydrogen-bond acceptors (Lipinski definition) is 3. The van der Waals surface area contributed by atoms with E-state index in [1.807, 2.05) is 24.3 Å². The summed E-state index contributed by atoms with van der Waals surface area (Å²) in [5, 5.41) is 9.85. The minimum absolute atomic E-state index is 0.0315. The first-order chi connectivity index (χ1) is 8.75. The van der Waals surface area contributed by atoms with Crippen molar-refractivity contribution in [2.24, 2.45) is 0 Å². The summed E-state index contributed by atoms with van der Waals surface area (Å²) >= 11 is 7.59. The first-order valence-corrected chi connectivity index (χ1v) is 6.78. The molecule has 0 spiro atoms. The summed E-state index contributed by atoms with van der Waals surface area (Å²) in [5.41, 5.74) is 0.683. The number of carbonyl (C=O) groups excluding carboxylic acids is 1. The van der Waals surface area contributed by atoms with E-state index >= 15 is 0 Å². The van der Waals surface area contributed by atoms with E-state index in [1.54, 1.807) is 24.2 Å². The number of aromatic nitrogens is 2. The van der Waals surface area contributed by atoms with Gasteiger partial charge in [0.2, 0.25) is 5.91 Å². The summed E-state index contributed by atoms with van der Waals surface area (Å²) in [6.07, 6.45) is 3.64. The second-order valence-electron chi connectivity index (χ2n) is 3.56. The van der Waals surface area contributed by atoms with Gasteiger partial charge in [-0.3, -0.25) is 9.89 Å². The van der Waals surface area contributed by atoms with E-state index in [9.17, 15) is 4.79 Å². The van der Waals surface area contributed by atoms with Crippen LogP contribution in [0.1, 0.15) is 6.42 Å². The molecule has 2 aromatic rings. The third-order valence-corrected chi connectivity index (χ3v) is 3.72. The second kappa shape index (κ2) is 6.47. The van der Waals surface area contributed by atoms with Gasteiger partial charge in [-0.05, 0) is 12.1 Å². The lowest BCUT2D eigenvalue weighted by molar-refractivity contribution is -0.115. The molecule has 0 aliphatic carbocycles. The Morgan fingerprint density at radius 3 is 3.00 bits per heavy atom. The van der Waals surface area contributed by atoms with Gasteiger partial charge in [0.15, 0.2) is 0 Å². The number of rotatable bonds is 5. The van der Waals surface area contributed by atoms with Gasteiger partial charge in [-0.1, -0.05) is 23.7 Å². The van der Waals surface area contributed by atoms with Crippen LogP contribution < -0.4 is 5.32 Å². The summed E-state index contributed by atoms with van der Waals surface area (Å²) in [6.45, 7) is 0. The number of H-pyrrole nitrogens is 1. The Balaban J connectivity index is 1.75. The molecule has 18 heavy (non-hydrogen) atoms. The maximum atomic E-state index is 11.6. The lowest BCUT2D eigenvalue weighted by atomic mass is 10.4. The van der Waals surface area contributed by atoms with Crippen LogP contribution in [-0.2, 0) is 4.79 Å². The van der Waals surface area contributed by atoms with E-state index in [0.29, 0.717) is 17.9 Å². The standard InChI is InChI=1S/C12H12ClN3OS/c13-10-3-1-2-4-11(10)18-6-5-12(17)16-9-7-14-15-8-9/h1-4,7-8H,5-6H2,(H,14,15)(H,16,17). The van der Waals surface area contributed by atoms with Crippen molar-refractivity contribution in [3.05, 3.63) is 41.7 Å². The number of halogens is 1. The number of nitrogens with zero attached hydrogens (tertiary/aromatic N) is 1. The molecular weight excluding hydrogens is 270 g/mol. The Labute approximate surface area is 114 Å². The van der Waals surface area contributed by atoms with Gasteiger partial charge >= 0.3 is 0 Å². The van der Waals surface area contributed by atoms with Crippen molar-refractivity contribution in [3.63, 3.8) is 0 Å². The molecule has 94 valence electrons. The average molecular weight is 282 g/mol. The van der Waals surface area contributed by atoms with Gasteiger partial charge in [0.25, 0.3) is 0 Å². The van der Waals surface area contributed by atoms with Crippen molar-refractivity contribution in [1.29, 1.82) is 0 Å². The van der Waals surface area contributed by atoms with E-state index in [-0.39, 0.29) is 5.91 Å². The highest BCUT2D eigenvalue weighted by Gasteiger charge is 2.05. The summed E-state index contributed by atoms with van der Waals surface area (Å²) in [5.74, 6) is 0.656. The highest BCUT2D eigenvalue weighted by atomic mass is 35.5. The van der Waals surface area contributed by atoms with Crippen LogP contribution in [0.3, 0.4) is 0 Å². The summed E-state index contributed by atoms with van der Waals surface area (Å²) in [7, 11) is 0. The van der Waals surface area contributed by atoms with Gasteiger partial charge in [-0.15, -0.1) is 11.8 Å². The summed E-state index contributed by atoms with van der Waals surface area (Å²) in [4.78, 5) is 12.6. The molecule has 0 saturated carbocycles. The third-order valence-electron chi connectivity index (χ3n) is 2.21. The van der Waals surface area contributed by atoms with Crippen LogP contribution in [0.4, 0.5) is 5.69 Å². The first kappa shape index (κ1) is 13.0. The zero-order valence-corrected chi connectivity index (χ0v) is 11.1. The highest BCUT2D eigenvalue weighted by Crippen LogP contribution is 2.26. The van der Waals surface area contributed by atoms with Crippen molar-refractivity contribution in [3.8, 4) is 0 Å². The normalized spacial score (nSPS) is 10.3. The van der Waals surface area contributed by atoms with Crippen molar-refractivity contribution >= 4 is 35.0 Å². The number of aromatic amines is 1. The molecule has 0 aliphatic heterocycles. The van der Waals surface area contributed by atoms with Crippen molar-refractivity contribution in [2.75, 3.05) is 11.1 Å². The van der Waals surface area contributed by atoms with Gasteiger partial charge in [0, 0.05) is 23.3 Å². The average Bonchev–Trinajstić information content (AvgIpc) is 2.84. The minimum Gasteiger partial charge on any atom is -0.323 e. The molecule has 1 aromatic carbocycles. The maximum Gasteiger partial charge on any atom is 0.225 e. The van der Waals surface area contributed by atoms with E-state index in [1.165, 1.54) is 0 Å². The molecule has 0 aliphatic rings. The molecule has 1 amide bonds. The number of nitrogens with one attached hydrogen (secondary N) is 2. The molecule has 2 rings (SSSR count). The number of carbonyl (C=O) groups is 1. The summed E-state index contributed by atoms with van der Waals surface area (Å²) < 4.78 is 0. The van der Waals surface area contributed by atoms with E-state index in [4.69, 9.17) is 11.6 Å². The molecule has 0 bridgehead atoms. The number of hydrogen-bond donors (Lipinski definition) is 2. The van der Waals surface area contributed by atoms with Gasteiger partial charge in [0.05, 0.1) is 16.9 Å². The van der Waals surface area contributed by atoms with Crippen molar-refractivity contribution in [2.45, 2.75) is 11.3 Å². The lowest BCUT2D eigenvalue weighted by Gasteiger charge is -2.04. The smallest absolute Gasteiger partial charge is 0.225 e. The minimum atomic E-state index is -0.0315. The zero-order valence-electron chi connectivity index (χ0n) is 9.52. The number of benzene rings is 1. The Morgan fingerprint density at radius 2 is 2.28 bits per heavy atom. The fourth-order valence-electron chi connectivity index (χ4n) is 1.36. The molecule has 1 heterocycles. The molecule has 0 fully saturated rings. The fourth-order valence-corrected chi connectivity index (χ4v) is 2.55. The van der Waals surface area contributed by atoms with E-state index < -0.39 is 0 Å². The molecule has 0 unspecified atom stereocenters. The van der Waals surface area contributed by atoms with Crippen LogP contribution in [-0.4, -0.2) is 21.9 Å². The molecule has 1 aromatic heterocycles. The molecule has 0 radical (unpaired) electrons. The molecule has 2 N–H and O–H groups in total. The quantitative estimate of drug-likeness (QED) is 0.828. The molecule has 4 nitrogen and oxygen atoms in total. The Hall–Kier alpha value is -1.46. The molecule has 6 heteroatoms. The Morgan fingerprint density at radius 1 is 1.44 bits per heavy atom. The Kier molecular flexibility index (Phi) is 4.66. The van der Waals surface area contributed by atoms with Crippen molar-refractivity contribution in [1.82, 2.24) is 10.2 Å². The number of thioether (sulfide) groups is 1. The number of amides is 1. The predicted octanol–water partition coefficient (Wildman–Crippen LogP) is 3.18. The van der Waals surface area contributed by atoms with Gasteiger partial charge < -0.3 is 5.32 Å². The SMILES string of the molecule is O=C(CCSc1ccccc1Cl)Nc1cn[nH]c1. The van der Waals surface area contributed by atoms with Gasteiger partial charge in [0.1, 0.15) is 0 Å². The first-order valence-electron chi connectivity index (χ1n) is 5.41. The van der Waals surface area contributed by atoms with Crippen LogP contribution in [0, 0.1) is 0 Å². The zero-order chi connectivity index (χ0) is 12.8. The van der Waals surface area contributed by atoms with Crippen LogP contribution >= 0.6 is 23.4 Å². The monoisotopic (exact) mass is 281 g/mol. The van der Waals surface area contributed by atoms with E-state index in [0.717, 1.165) is 9.92 Å². The van der Waals surface area contributed by atoms with Crippen LogP contribution in [0.2, 0.25) is 5.02 Å². The largest absolute Gasteiger partial charge is 0.323 e. The summed E-state index contributed by atoms with van der Waals surface area (Å²) in [6, 6.07) is 7.61. The second-order valence-corrected chi connectivity index (χ2v) is 5.11. The van der Waals surface area contributed by atoms with Crippen LogP contribution in [0.25, 0.3) is 0 Å². The number of anilines is 1. The Bertz CT molecular complexity index is 516. The van der Waals surface area contributed by atoms with E-state index in [2.05, 4.69) is 15.5 Å². The van der Waals surface area contributed by atoms with Crippen LogP contribution in [0.15, 0.2) is 41.6 Å². The predicted molar refractivity (Wildman–Crippen MR) is 74.0 cm³/mol. The molecule has 0 atom stereocenters. The van der Waals surface area contributed by atoms with Crippen molar-refractivity contribution < 1.29 is 4.79 Å².